The maximum atomic E-state index is 5.62. The van der Waals surface area contributed by atoms with Crippen molar-refractivity contribution >= 4 is 0 Å². The molecule has 1 unspecified atom stereocenters. The third-order valence-electron chi connectivity index (χ3n) is 2.99. The molecule has 2 rings (SSSR count). The van der Waals surface area contributed by atoms with Crippen LogP contribution >= 0.6 is 0 Å². The Balaban J connectivity index is 1.96. The normalized spacial score (nSPS) is 22.6. The van der Waals surface area contributed by atoms with Crippen molar-refractivity contribution in [3.05, 3.63) is 17.5 Å². The zero-order valence-corrected chi connectivity index (χ0v) is 10.0. The standard InChI is InChI=1S/C11H20N4O/c1-9-10(6-14(2)13-9)7-15-3-4-16-11(5-12)8-15/h6,11H,3-5,7-8,12H2,1-2H3. The molecule has 0 radical (unpaired) electrons. The van der Waals surface area contributed by atoms with Crippen LogP contribution in [0.25, 0.3) is 0 Å². The average Bonchev–Trinajstić information content (AvgIpc) is 2.58. The number of hydrogen-bond donors (Lipinski definition) is 1. The van der Waals surface area contributed by atoms with Crippen LogP contribution in [0.1, 0.15) is 11.3 Å². The summed E-state index contributed by atoms with van der Waals surface area (Å²) in [7, 11) is 1.96. The number of ether oxygens (including phenoxy) is 1. The highest BCUT2D eigenvalue weighted by molar-refractivity contribution is 5.15. The van der Waals surface area contributed by atoms with Gasteiger partial charge in [0.25, 0.3) is 0 Å². The number of aryl methyl sites for hydroxylation is 2. The van der Waals surface area contributed by atoms with Crippen molar-refractivity contribution < 1.29 is 4.74 Å². The summed E-state index contributed by atoms with van der Waals surface area (Å²) in [5.74, 6) is 0. The zero-order valence-electron chi connectivity index (χ0n) is 10.0. The van der Waals surface area contributed by atoms with E-state index in [0.29, 0.717) is 6.54 Å². The summed E-state index contributed by atoms with van der Waals surface area (Å²) >= 11 is 0. The van der Waals surface area contributed by atoms with Gasteiger partial charge in [-0.15, -0.1) is 0 Å². The smallest absolute Gasteiger partial charge is 0.0824 e. The van der Waals surface area contributed by atoms with E-state index in [1.807, 2.05) is 11.7 Å². The number of rotatable bonds is 3. The van der Waals surface area contributed by atoms with E-state index in [1.165, 1.54) is 5.56 Å². The van der Waals surface area contributed by atoms with E-state index >= 15 is 0 Å². The predicted octanol–water partition coefficient (Wildman–Crippen LogP) is -0.112. The van der Waals surface area contributed by atoms with Gasteiger partial charge in [-0.1, -0.05) is 0 Å². The van der Waals surface area contributed by atoms with Gasteiger partial charge in [-0.3, -0.25) is 9.58 Å². The topological polar surface area (TPSA) is 56.3 Å². The van der Waals surface area contributed by atoms with E-state index in [4.69, 9.17) is 10.5 Å². The van der Waals surface area contributed by atoms with Crippen LogP contribution in [0.2, 0.25) is 0 Å². The van der Waals surface area contributed by atoms with Crippen molar-refractivity contribution in [3.8, 4) is 0 Å². The first-order chi connectivity index (χ1) is 7.69. The molecule has 5 nitrogen and oxygen atoms in total. The molecule has 2 N–H and O–H groups in total. The molecule has 0 bridgehead atoms. The second-order valence-electron chi connectivity index (χ2n) is 4.38. The number of morpholine rings is 1. The highest BCUT2D eigenvalue weighted by Gasteiger charge is 2.20. The lowest BCUT2D eigenvalue weighted by atomic mass is 10.2. The summed E-state index contributed by atoms with van der Waals surface area (Å²) in [6, 6.07) is 0. The van der Waals surface area contributed by atoms with E-state index in [0.717, 1.165) is 31.9 Å². The fourth-order valence-corrected chi connectivity index (χ4v) is 2.11. The maximum absolute atomic E-state index is 5.62. The average molecular weight is 224 g/mol. The molecule has 0 spiro atoms. The Morgan fingerprint density at radius 2 is 2.44 bits per heavy atom. The van der Waals surface area contributed by atoms with Gasteiger partial charge in [0.1, 0.15) is 0 Å². The van der Waals surface area contributed by atoms with Crippen LogP contribution in [0.3, 0.4) is 0 Å². The Kier molecular flexibility index (Phi) is 3.58. The minimum absolute atomic E-state index is 0.186. The SMILES string of the molecule is Cc1nn(C)cc1CN1CCOC(CN)C1. The zero-order chi connectivity index (χ0) is 11.5. The highest BCUT2D eigenvalue weighted by Crippen LogP contribution is 2.12. The molecule has 0 aromatic carbocycles. The maximum Gasteiger partial charge on any atom is 0.0824 e. The second kappa shape index (κ2) is 4.95. The van der Waals surface area contributed by atoms with Gasteiger partial charge in [0.2, 0.25) is 0 Å². The van der Waals surface area contributed by atoms with E-state index in [2.05, 4.69) is 23.1 Å². The quantitative estimate of drug-likeness (QED) is 0.778. The molecule has 1 atom stereocenters. The van der Waals surface area contributed by atoms with E-state index in [-0.39, 0.29) is 6.10 Å². The van der Waals surface area contributed by atoms with E-state index < -0.39 is 0 Å². The molecule has 1 aromatic rings. The number of nitrogens with zero attached hydrogens (tertiary/aromatic N) is 3. The molecule has 1 aromatic heterocycles. The van der Waals surface area contributed by atoms with Crippen molar-refractivity contribution in [2.75, 3.05) is 26.2 Å². The summed E-state index contributed by atoms with van der Waals surface area (Å²) in [4.78, 5) is 2.38. The van der Waals surface area contributed by atoms with Crippen molar-refractivity contribution in [1.82, 2.24) is 14.7 Å². The Morgan fingerprint density at radius 3 is 3.06 bits per heavy atom. The van der Waals surface area contributed by atoms with Crippen molar-refractivity contribution in [2.24, 2.45) is 12.8 Å². The molecule has 16 heavy (non-hydrogen) atoms. The minimum atomic E-state index is 0.186. The number of aromatic nitrogens is 2. The van der Waals surface area contributed by atoms with Crippen molar-refractivity contribution in [2.45, 2.75) is 19.6 Å². The van der Waals surface area contributed by atoms with E-state index in [1.54, 1.807) is 0 Å². The molecule has 1 aliphatic heterocycles. The van der Waals surface area contributed by atoms with Crippen LogP contribution in [-0.4, -0.2) is 47.0 Å². The molecular weight excluding hydrogens is 204 g/mol. The molecule has 5 heteroatoms. The predicted molar refractivity (Wildman–Crippen MR) is 62.0 cm³/mol. The van der Waals surface area contributed by atoms with Gasteiger partial charge in [-0.05, 0) is 6.92 Å². The monoisotopic (exact) mass is 224 g/mol. The Hall–Kier alpha value is -0.910. The van der Waals surface area contributed by atoms with Crippen LogP contribution in [-0.2, 0) is 18.3 Å². The van der Waals surface area contributed by atoms with Gasteiger partial charge >= 0.3 is 0 Å². The first-order valence-corrected chi connectivity index (χ1v) is 5.72. The van der Waals surface area contributed by atoms with Gasteiger partial charge in [0.05, 0.1) is 18.4 Å². The summed E-state index contributed by atoms with van der Waals surface area (Å²) in [5, 5.41) is 4.35. The van der Waals surface area contributed by atoms with Gasteiger partial charge in [-0.25, -0.2) is 0 Å². The number of nitrogens with two attached hydrogens (primary N) is 1. The Bertz CT molecular complexity index is 350. The van der Waals surface area contributed by atoms with Gasteiger partial charge in [0, 0.05) is 45.0 Å². The lowest BCUT2D eigenvalue weighted by molar-refractivity contribution is -0.0261. The second-order valence-corrected chi connectivity index (χ2v) is 4.38. The number of hydrogen-bond acceptors (Lipinski definition) is 4. The summed E-state index contributed by atoms with van der Waals surface area (Å²) < 4.78 is 7.41. The minimum Gasteiger partial charge on any atom is -0.374 e. The van der Waals surface area contributed by atoms with Crippen molar-refractivity contribution in [3.63, 3.8) is 0 Å². The summed E-state index contributed by atoms with van der Waals surface area (Å²) in [6.07, 6.45) is 2.27. The van der Waals surface area contributed by atoms with Crippen LogP contribution in [0.4, 0.5) is 0 Å². The van der Waals surface area contributed by atoms with Gasteiger partial charge in [0.15, 0.2) is 0 Å². The van der Waals surface area contributed by atoms with Crippen LogP contribution in [0.15, 0.2) is 6.20 Å². The molecule has 1 fully saturated rings. The largest absolute Gasteiger partial charge is 0.374 e. The highest BCUT2D eigenvalue weighted by atomic mass is 16.5. The van der Waals surface area contributed by atoms with Crippen LogP contribution in [0, 0.1) is 6.92 Å². The molecular formula is C11H20N4O. The van der Waals surface area contributed by atoms with Crippen LogP contribution < -0.4 is 5.73 Å². The first kappa shape index (κ1) is 11.6. The van der Waals surface area contributed by atoms with Crippen molar-refractivity contribution in [1.29, 1.82) is 0 Å². The third-order valence-corrected chi connectivity index (χ3v) is 2.99. The fraction of sp³-hybridized carbons (Fsp3) is 0.727. The molecule has 1 aliphatic rings. The lowest BCUT2D eigenvalue weighted by Crippen LogP contribution is -2.45. The first-order valence-electron chi connectivity index (χ1n) is 5.72. The molecule has 1 saturated heterocycles. The summed E-state index contributed by atoms with van der Waals surface area (Å²) in [5.41, 5.74) is 8.03. The Labute approximate surface area is 96.2 Å². The molecule has 90 valence electrons. The van der Waals surface area contributed by atoms with Crippen LogP contribution in [0.5, 0.6) is 0 Å². The van der Waals surface area contributed by atoms with Gasteiger partial charge in [-0.2, -0.15) is 5.10 Å². The molecule has 2 heterocycles. The fourth-order valence-electron chi connectivity index (χ4n) is 2.11. The Morgan fingerprint density at radius 1 is 1.62 bits per heavy atom. The third kappa shape index (κ3) is 2.61. The lowest BCUT2D eigenvalue weighted by Gasteiger charge is -2.32. The summed E-state index contributed by atoms with van der Waals surface area (Å²) in [6.45, 7) is 6.27. The molecule has 0 aliphatic carbocycles. The van der Waals surface area contributed by atoms with Gasteiger partial charge < -0.3 is 10.5 Å². The van der Waals surface area contributed by atoms with E-state index in [9.17, 15) is 0 Å². The molecule has 0 saturated carbocycles. The molecule has 0 amide bonds.